The van der Waals surface area contributed by atoms with Gasteiger partial charge in [0.25, 0.3) is 0 Å². The average Bonchev–Trinajstić information content (AvgIpc) is 2.98. The van der Waals surface area contributed by atoms with E-state index in [9.17, 15) is 9.18 Å². The minimum atomic E-state index is -0.583. The minimum Gasteiger partial charge on any atom is -0.327 e. The number of amides is 1. The molecule has 1 aromatic carbocycles. The Morgan fingerprint density at radius 2 is 2.08 bits per heavy atom. The van der Waals surface area contributed by atoms with Gasteiger partial charge in [-0.1, -0.05) is 25.4 Å². The lowest BCUT2D eigenvalue weighted by atomic mass is 9.98. The molecular formula is C19H24ClFN4O. The first-order chi connectivity index (χ1) is 12.2. The molecule has 7 heteroatoms. The summed E-state index contributed by atoms with van der Waals surface area (Å²) >= 11 is 5.99. The van der Waals surface area contributed by atoms with Crippen LogP contribution in [0.1, 0.15) is 45.1 Å². The Morgan fingerprint density at radius 1 is 1.38 bits per heavy atom. The number of imidazole rings is 1. The van der Waals surface area contributed by atoms with Gasteiger partial charge in [0.1, 0.15) is 11.6 Å². The summed E-state index contributed by atoms with van der Waals surface area (Å²) in [6.07, 6.45) is 0. The molecule has 1 aliphatic heterocycles. The van der Waals surface area contributed by atoms with Crippen LogP contribution < -0.4 is 5.73 Å². The molecule has 0 bridgehead atoms. The number of hydrogen-bond donors (Lipinski definition) is 1. The molecule has 0 aliphatic carbocycles. The predicted molar refractivity (Wildman–Crippen MR) is 101 cm³/mol. The summed E-state index contributed by atoms with van der Waals surface area (Å²) < 4.78 is 15.8. The number of halogens is 2. The van der Waals surface area contributed by atoms with Crippen molar-refractivity contribution in [1.29, 1.82) is 0 Å². The van der Waals surface area contributed by atoms with Gasteiger partial charge in [0, 0.05) is 24.3 Å². The molecule has 0 unspecified atom stereocenters. The van der Waals surface area contributed by atoms with Crippen molar-refractivity contribution >= 4 is 17.5 Å². The summed E-state index contributed by atoms with van der Waals surface area (Å²) in [5, 5.41) is 0.0716. The summed E-state index contributed by atoms with van der Waals surface area (Å²) in [5.74, 6) is 0.472. The van der Waals surface area contributed by atoms with Gasteiger partial charge >= 0.3 is 0 Å². The van der Waals surface area contributed by atoms with Crippen molar-refractivity contribution in [2.45, 2.75) is 45.7 Å². The van der Waals surface area contributed by atoms with Gasteiger partial charge in [-0.05, 0) is 38.0 Å². The van der Waals surface area contributed by atoms with Crippen molar-refractivity contribution in [1.82, 2.24) is 14.5 Å². The number of nitrogens with two attached hydrogens (primary N) is 1. The zero-order valence-corrected chi connectivity index (χ0v) is 16.3. The highest BCUT2D eigenvalue weighted by molar-refractivity contribution is 6.31. The van der Waals surface area contributed by atoms with Crippen LogP contribution in [-0.4, -0.2) is 33.4 Å². The van der Waals surface area contributed by atoms with E-state index in [0.717, 1.165) is 22.8 Å². The van der Waals surface area contributed by atoms with E-state index in [0.29, 0.717) is 13.1 Å². The normalized spacial score (nSPS) is 16.1. The lowest BCUT2D eigenvalue weighted by molar-refractivity contribution is -0.137. The van der Waals surface area contributed by atoms with E-state index in [1.807, 2.05) is 13.8 Å². The fourth-order valence-corrected chi connectivity index (χ4v) is 3.93. The second kappa shape index (κ2) is 6.67. The Kier molecular flexibility index (Phi) is 4.84. The Bertz CT molecular complexity index is 859. The van der Waals surface area contributed by atoms with E-state index in [1.165, 1.54) is 6.07 Å². The van der Waals surface area contributed by atoms with Crippen molar-refractivity contribution in [2.75, 3.05) is 13.1 Å². The predicted octanol–water partition coefficient (Wildman–Crippen LogP) is 3.50. The molecule has 0 fully saturated rings. The zero-order chi connectivity index (χ0) is 19.2. The lowest BCUT2D eigenvalue weighted by Gasteiger charge is -2.42. The summed E-state index contributed by atoms with van der Waals surface area (Å²) in [5.41, 5.74) is 7.62. The molecule has 1 amide bonds. The van der Waals surface area contributed by atoms with Crippen molar-refractivity contribution in [3.63, 3.8) is 0 Å². The van der Waals surface area contributed by atoms with E-state index in [2.05, 4.69) is 18.4 Å². The van der Waals surface area contributed by atoms with E-state index in [4.69, 9.17) is 22.3 Å². The van der Waals surface area contributed by atoms with Crippen LogP contribution in [0.5, 0.6) is 0 Å². The number of aromatic nitrogens is 2. The molecule has 1 aliphatic rings. The van der Waals surface area contributed by atoms with Gasteiger partial charge in [-0.3, -0.25) is 4.79 Å². The average molecular weight is 379 g/mol. The van der Waals surface area contributed by atoms with Crippen molar-refractivity contribution in [3.05, 3.63) is 40.6 Å². The third kappa shape index (κ3) is 2.91. The van der Waals surface area contributed by atoms with Gasteiger partial charge in [0.2, 0.25) is 5.91 Å². The number of nitrogens with zero attached hydrogens (tertiary/aromatic N) is 3. The Balaban J connectivity index is 2.19. The molecule has 2 heterocycles. The standard InChI is InChI=1S/C19H24ClFN4O/c1-11(2)17-16(12-5-6-14(21)13(20)9-12)23-18-19(3,4)25(15(26)10-22)8-7-24(17)18/h5-6,9,11H,7-8,10,22H2,1-4H3. The second-order valence-corrected chi connectivity index (χ2v) is 7.82. The largest absolute Gasteiger partial charge is 0.327 e. The van der Waals surface area contributed by atoms with E-state index < -0.39 is 11.4 Å². The first-order valence-corrected chi connectivity index (χ1v) is 9.13. The number of fused-ring (bicyclic) bond motifs is 1. The highest BCUT2D eigenvalue weighted by atomic mass is 35.5. The van der Waals surface area contributed by atoms with E-state index in [1.54, 1.807) is 17.0 Å². The molecule has 5 nitrogen and oxygen atoms in total. The number of rotatable bonds is 3. The van der Waals surface area contributed by atoms with Crippen LogP contribution in [0.3, 0.4) is 0 Å². The molecule has 2 N–H and O–H groups in total. The Labute approximate surface area is 158 Å². The number of carbonyl (C=O) groups excluding carboxylic acids is 1. The summed E-state index contributed by atoms with van der Waals surface area (Å²) in [7, 11) is 0. The van der Waals surface area contributed by atoms with Gasteiger partial charge in [-0.2, -0.15) is 0 Å². The fraction of sp³-hybridized carbons (Fsp3) is 0.474. The zero-order valence-electron chi connectivity index (χ0n) is 15.5. The molecule has 0 saturated carbocycles. The van der Waals surface area contributed by atoms with E-state index in [-0.39, 0.29) is 23.4 Å². The van der Waals surface area contributed by atoms with E-state index >= 15 is 0 Å². The van der Waals surface area contributed by atoms with Gasteiger partial charge in [-0.25, -0.2) is 9.37 Å². The van der Waals surface area contributed by atoms with Gasteiger partial charge in [0.05, 0.1) is 22.8 Å². The van der Waals surface area contributed by atoms with Crippen LogP contribution >= 0.6 is 11.6 Å². The van der Waals surface area contributed by atoms with Gasteiger partial charge in [0.15, 0.2) is 0 Å². The van der Waals surface area contributed by atoms with Crippen molar-refractivity contribution < 1.29 is 9.18 Å². The van der Waals surface area contributed by atoms with Crippen LogP contribution in [0.4, 0.5) is 4.39 Å². The van der Waals surface area contributed by atoms with Gasteiger partial charge in [-0.15, -0.1) is 0 Å². The molecule has 1 aromatic heterocycles. The maximum atomic E-state index is 13.6. The molecule has 0 spiro atoms. The first kappa shape index (κ1) is 18.9. The maximum Gasteiger partial charge on any atom is 0.237 e. The minimum absolute atomic E-state index is 0.0262. The third-order valence-corrected chi connectivity index (χ3v) is 5.28. The first-order valence-electron chi connectivity index (χ1n) is 8.75. The lowest BCUT2D eigenvalue weighted by Crippen LogP contribution is -2.53. The molecule has 0 atom stereocenters. The van der Waals surface area contributed by atoms with Crippen LogP contribution in [0.15, 0.2) is 18.2 Å². The van der Waals surface area contributed by atoms with Crippen LogP contribution in [-0.2, 0) is 16.9 Å². The smallest absolute Gasteiger partial charge is 0.237 e. The molecule has 140 valence electrons. The molecule has 2 aromatic rings. The fourth-order valence-electron chi connectivity index (χ4n) is 3.75. The quantitative estimate of drug-likeness (QED) is 0.888. The van der Waals surface area contributed by atoms with Crippen LogP contribution in [0, 0.1) is 5.82 Å². The highest BCUT2D eigenvalue weighted by Crippen LogP contribution is 2.39. The number of carbonyl (C=O) groups is 1. The topological polar surface area (TPSA) is 64.2 Å². The molecule has 0 radical (unpaired) electrons. The molecule has 26 heavy (non-hydrogen) atoms. The summed E-state index contributed by atoms with van der Waals surface area (Å²) in [4.78, 5) is 18.9. The van der Waals surface area contributed by atoms with Crippen molar-refractivity contribution in [3.8, 4) is 11.3 Å². The second-order valence-electron chi connectivity index (χ2n) is 7.41. The van der Waals surface area contributed by atoms with Crippen LogP contribution in [0.25, 0.3) is 11.3 Å². The summed E-state index contributed by atoms with van der Waals surface area (Å²) in [6, 6.07) is 4.65. The molecular weight excluding hydrogens is 355 g/mol. The summed E-state index contributed by atoms with van der Waals surface area (Å²) in [6.45, 7) is 9.36. The highest BCUT2D eigenvalue weighted by Gasteiger charge is 2.41. The Hall–Kier alpha value is -1.92. The monoisotopic (exact) mass is 378 g/mol. The van der Waals surface area contributed by atoms with Crippen LogP contribution in [0.2, 0.25) is 5.02 Å². The third-order valence-electron chi connectivity index (χ3n) is 4.99. The number of benzene rings is 1. The Morgan fingerprint density at radius 3 is 2.65 bits per heavy atom. The maximum absolute atomic E-state index is 13.6. The molecule has 3 rings (SSSR count). The molecule has 0 saturated heterocycles. The van der Waals surface area contributed by atoms with Gasteiger partial charge < -0.3 is 15.2 Å². The number of hydrogen-bond acceptors (Lipinski definition) is 3. The van der Waals surface area contributed by atoms with Crippen molar-refractivity contribution in [2.24, 2.45) is 5.73 Å². The SMILES string of the molecule is CC(C)c1c(-c2ccc(F)c(Cl)c2)nc2n1CCN(C(=O)CN)C2(C)C.